The van der Waals surface area contributed by atoms with Gasteiger partial charge in [-0.15, -0.1) is 0 Å². The fourth-order valence-corrected chi connectivity index (χ4v) is 3.69. The molecule has 152 valence electrons. The second-order valence-electron chi connectivity index (χ2n) is 7.56. The van der Waals surface area contributed by atoms with Gasteiger partial charge in [-0.25, -0.2) is 0 Å². The first-order chi connectivity index (χ1) is 12.8. The molecule has 5 heteroatoms. The lowest BCUT2D eigenvalue weighted by Gasteiger charge is -2.28. The predicted octanol–water partition coefficient (Wildman–Crippen LogP) is 5.43. The Morgan fingerprint density at radius 3 is 2.37 bits per heavy atom. The number of allylic oxidation sites excluding steroid dienone is 5. The minimum absolute atomic E-state index is 0.0526. The van der Waals surface area contributed by atoms with Crippen LogP contribution >= 0.6 is 0 Å². The molecule has 0 aromatic carbocycles. The number of nitrogens with zero attached hydrogens (tertiary/aromatic N) is 1. The summed E-state index contributed by atoms with van der Waals surface area (Å²) in [6.45, 7) is 7.76. The van der Waals surface area contributed by atoms with Crippen molar-refractivity contribution in [1.82, 2.24) is 4.90 Å². The molecule has 0 saturated heterocycles. The van der Waals surface area contributed by atoms with E-state index in [1.54, 1.807) is 6.08 Å². The Morgan fingerprint density at radius 2 is 1.85 bits per heavy atom. The summed E-state index contributed by atoms with van der Waals surface area (Å²) in [5, 5.41) is 9.35. The van der Waals surface area contributed by atoms with E-state index < -0.39 is 12.3 Å². The van der Waals surface area contributed by atoms with Gasteiger partial charge >= 0.3 is 6.18 Å². The van der Waals surface area contributed by atoms with Crippen molar-refractivity contribution in [3.8, 4) is 0 Å². The molecule has 1 N–H and O–H groups in total. The van der Waals surface area contributed by atoms with Crippen LogP contribution in [0, 0.1) is 11.8 Å². The minimum atomic E-state index is -4.61. The normalized spacial score (nSPS) is 24.1. The number of aliphatic hydroxyl groups excluding tert-OH is 1. The molecule has 0 amide bonds. The van der Waals surface area contributed by atoms with Gasteiger partial charge in [-0.3, -0.25) is 0 Å². The van der Waals surface area contributed by atoms with Crippen LogP contribution in [0.3, 0.4) is 0 Å². The van der Waals surface area contributed by atoms with E-state index in [0.717, 1.165) is 38.0 Å². The van der Waals surface area contributed by atoms with Gasteiger partial charge in [0.25, 0.3) is 0 Å². The number of hydrogen-bond acceptors (Lipinski definition) is 2. The summed E-state index contributed by atoms with van der Waals surface area (Å²) in [6, 6.07) is 0. The number of aliphatic hydroxyl groups is 1. The molecule has 0 aromatic heterocycles. The molecule has 2 nitrogen and oxygen atoms in total. The van der Waals surface area contributed by atoms with Crippen molar-refractivity contribution in [3.05, 3.63) is 47.6 Å². The summed E-state index contributed by atoms with van der Waals surface area (Å²) in [7, 11) is 0. The van der Waals surface area contributed by atoms with Crippen molar-refractivity contribution >= 4 is 0 Å². The minimum Gasteiger partial charge on any atom is -0.379 e. The summed E-state index contributed by atoms with van der Waals surface area (Å²) in [5.74, 6) is 0.598. The highest BCUT2D eigenvalue weighted by molar-refractivity contribution is 5.36. The molecule has 2 rings (SSSR count). The topological polar surface area (TPSA) is 23.5 Å². The molecular weight excluding hydrogens is 351 g/mol. The first-order valence-corrected chi connectivity index (χ1v) is 10.1. The van der Waals surface area contributed by atoms with E-state index in [2.05, 4.69) is 37.0 Å². The average molecular weight is 383 g/mol. The maximum Gasteiger partial charge on any atom is 0.418 e. The molecular formula is C22H32F3NO. The van der Waals surface area contributed by atoms with E-state index in [9.17, 15) is 18.3 Å². The summed E-state index contributed by atoms with van der Waals surface area (Å²) < 4.78 is 37.8. The number of rotatable bonds is 9. The molecule has 2 aliphatic rings. The highest BCUT2D eigenvalue weighted by Crippen LogP contribution is 2.33. The fraction of sp³-hybridized carbons (Fsp3) is 0.636. The van der Waals surface area contributed by atoms with Crippen LogP contribution < -0.4 is 0 Å². The molecule has 3 atom stereocenters. The highest BCUT2D eigenvalue weighted by Gasteiger charge is 2.40. The number of halogens is 3. The summed E-state index contributed by atoms with van der Waals surface area (Å²) in [5.41, 5.74) is 1.11. The number of hydrogen-bond donors (Lipinski definition) is 1. The largest absolute Gasteiger partial charge is 0.418 e. The molecule has 3 unspecified atom stereocenters. The zero-order chi connectivity index (χ0) is 19.9. The van der Waals surface area contributed by atoms with Crippen LogP contribution in [0.15, 0.2) is 47.6 Å². The lowest BCUT2D eigenvalue weighted by molar-refractivity contribution is -0.190. The van der Waals surface area contributed by atoms with Crippen LogP contribution in [0.5, 0.6) is 0 Å². The Morgan fingerprint density at radius 1 is 1.07 bits per heavy atom. The zero-order valence-corrected chi connectivity index (χ0v) is 16.4. The van der Waals surface area contributed by atoms with Crippen molar-refractivity contribution in [1.29, 1.82) is 0 Å². The number of unbranched alkanes of at least 4 members (excludes halogenated alkanes) is 1. The lowest BCUT2D eigenvalue weighted by Crippen LogP contribution is -2.31. The van der Waals surface area contributed by atoms with Crippen LogP contribution in [0.4, 0.5) is 13.2 Å². The summed E-state index contributed by atoms with van der Waals surface area (Å²) >= 11 is 0. The van der Waals surface area contributed by atoms with Gasteiger partial charge in [0, 0.05) is 12.5 Å². The van der Waals surface area contributed by atoms with E-state index >= 15 is 0 Å². The van der Waals surface area contributed by atoms with E-state index in [-0.39, 0.29) is 11.5 Å². The molecule has 0 spiro atoms. The van der Waals surface area contributed by atoms with Gasteiger partial charge in [-0.2, -0.15) is 13.2 Å². The molecule has 0 heterocycles. The SMILES string of the molecule is CCCCN(CCC)CC1C=CC(C2C=CC(C(O)C(F)(F)F)=CC2)=CC1. The molecule has 27 heavy (non-hydrogen) atoms. The van der Waals surface area contributed by atoms with Gasteiger partial charge < -0.3 is 10.0 Å². The fourth-order valence-electron chi connectivity index (χ4n) is 3.69. The first-order valence-electron chi connectivity index (χ1n) is 10.1. The first kappa shape index (κ1) is 22.0. The zero-order valence-electron chi connectivity index (χ0n) is 16.4. The smallest absolute Gasteiger partial charge is 0.379 e. The Hall–Kier alpha value is -1.33. The van der Waals surface area contributed by atoms with Crippen LogP contribution in [0.1, 0.15) is 46.0 Å². The average Bonchev–Trinajstić information content (AvgIpc) is 2.66. The molecule has 0 aliphatic heterocycles. The Balaban J connectivity index is 1.87. The quantitative estimate of drug-likeness (QED) is 0.574. The van der Waals surface area contributed by atoms with Gasteiger partial charge in [0.2, 0.25) is 0 Å². The lowest BCUT2D eigenvalue weighted by atomic mass is 9.84. The molecule has 0 fully saturated rings. The third-order valence-electron chi connectivity index (χ3n) is 5.26. The van der Waals surface area contributed by atoms with Crippen molar-refractivity contribution in [2.75, 3.05) is 19.6 Å². The maximum atomic E-state index is 12.6. The van der Waals surface area contributed by atoms with Gasteiger partial charge in [0.15, 0.2) is 6.10 Å². The highest BCUT2D eigenvalue weighted by atomic mass is 19.4. The Kier molecular flexibility index (Phi) is 8.36. The van der Waals surface area contributed by atoms with Crippen LogP contribution in [-0.2, 0) is 0 Å². The predicted molar refractivity (Wildman–Crippen MR) is 104 cm³/mol. The van der Waals surface area contributed by atoms with Crippen LogP contribution in [-0.4, -0.2) is 41.9 Å². The third-order valence-corrected chi connectivity index (χ3v) is 5.26. The molecule has 0 radical (unpaired) electrons. The molecule has 0 aromatic rings. The Labute approximate surface area is 161 Å². The van der Waals surface area contributed by atoms with E-state index in [1.807, 2.05) is 0 Å². The maximum absolute atomic E-state index is 12.6. The van der Waals surface area contributed by atoms with Gasteiger partial charge in [0.1, 0.15) is 0 Å². The molecule has 0 bridgehead atoms. The van der Waals surface area contributed by atoms with Gasteiger partial charge in [0.05, 0.1) is 0 Å². The summed E-state index contributed by atoms with van der Waals surface area (Å²) in [6.07, 6.45) is 9.39. The van der Waals surface area contributed by atoms with Crippen LogP contribution in [0.25, 0.3) is 0 Å². The van der Waals surface area contributed by atoms with Crippen LogP contribution in [0.2, 0.25) is 0 Å². The standard InChI is InChI=1S/C22H32F3NO/c1-3-5-15-26(14-4-2)16-17-6-8-18(9-7-17)19-10-12-20(13-11-19)21(27)22(23,24)25/h6,8-10,12-13,17,19,21,27H,3-5,7,11,14-16H2,1-2H3. The van der Waals surface area contributed by atoms with Gasteiger partial charge in [-0.05, 0) is 55.8 Å². The third kappa shape index (κ3) is 6.65. The second-order valence-corrected chi connectivity index (χ2v) is 7.56. The van der Waals surface area contributed by atoms with Gasteiger partial charge in [-0.1, -0.05) is 56.7 Å². The second kappa shape index (κ2) is 10.3. The van der Waals surface area contributed by atoms with Crippen molar-refractivity contribution in [2.45, 2.75) is 58.2 Å². The van der Waals surface area contributed by atoms with E-state index in [0.29, 0.717) is 12.3 Å². The van der Waals surface area contributed by atoms with Crippen molar-refractivity contribution < 1.29 is 18.3 Å². The van der Waals surface area contributed by atoms with Crippen molar-refractivity contribution in [3.63, 3.8) is 0 Å². The monoisotopic (exact) mass is 383 g/mol. The Bertz CT molecular complexity index is 589. The van der Waals surface area contributed by atoms with E-state index in [4.69, 9.17) is 0 Å². The summed E-state index contributed by atoms with van der Waals surface area (Å²) in [4.78, 5) is 2.53. The van der Waals surface area contributed by atoms with Crippen molar-refractivity contribution in [2.24, 2.45) is 11.8 Å². The number of alkyl halides is 3. The van der Waals surface area contributed by atoms with E-state index in [1.165, 1.54) is 25.0 Å². The molecule has 0 saturated carbocycles. The molecule has 2 aliphatic carbocycles.